The Hall–Kier alpha value is -2.47. The van der Waals surface area contributed by atoms with Crippen molar-refractivity contribution >= 4 is 5.91 Å². The molecular formula is C21H28N4O2. The summed E-state index contributed by atoms with van der Waals surface area (Å²) in [4.78, 5) is 23.5. The molecule has 144 valence electrons. The van der Waals surface area contributed by atoms with Gasteiger partial charge >= 0.3 is 0 Å². The fourth-order valence-electron chi connectivity index (χ4n) is 3.43. The van der Waals surface area contributed by atoms with Gasteiger partial charge in [0.2, 0.25) is 0 Å². The summed E-state index contributed by atoms with van der Waals surface area (Å²) in [6.07, 6.45) is 4.67. The minimum absolute atomic E-state index is 0.0223. The Kier molecular flexibility index (Phi) is 6.76. The minimum Gasteiger partial charge on any atom is -0.482 e. The summed E-state index contributed by atoms with van der Waals surface area (Å²) in [6.45, 7) is 6.71. The summed E-state index contributed by atoms with van der Waals surface area (Å²) >= 11 is 0. The number of pyridine rings is 2. The van der Waals surface area contributed by atoms with Gasteiger partial charge in [0, 0.05) is 31.0 Å². The number of nitrogens with zero attached hydrogens (tertiary/aromatic N) is 3. The zero-order chi connectivity index (χ0) is 19.1. The molecule has 1 unspecified atom stereocenters. The van der Waals surface area contributed by atoms with Crippen LogP contribution in [0.15, 0.2) is 36.5 Å². The first kappa shape index (κ1) is 19.3. The number of piperidine rings is 1. The van der Waals surface area contributed by atoms with Crippen molar-refractivity contribution in [2.75, 3.05) is 19.7 Å². The van der Waals surface area contributed by atoms with E-state index in [4.69, 9.17) is 4.74 Å². The third-order valence-corrected chi connectivity index (χ3v) is 4.75. The van der Waals surface area contributed by atoms with Gasteiger partial charge in [-0.3, -0.25) is 19.7 Å². The number of likely N-dealkylation sites (tertiary alicyclic amines) is 1. The average Bonchev–Trinajstić information content (AvgIpc) is 2.68. The molecule has 1 aliphatic heterocycles. The van der Waals surface area contributed by atoms with Gasteiger partial charge in [0.1, 0.15) is 5.75 Å². The second-order valence-electron chi connectivity index (χ2n) is 7.00. The number of aromatic nitrogens is 2. The Morgan fingerprint density at radius 2 is 2.22 bits per heavy atom. The number of nitrogens with one attached hydrogen (secondary N) is 1. The van der Waals surface area contributed by atoms with Gasteiger partial charge in [0.15, 0.2) is 6.61 Å². The van der Waals surface area contributed by atoms with Crippen molar-refractivity contribution in [1.29, 1.82) is 0 Å². The number of aryl methyl sites for hydroxylation is 2. The van der Waals surface area contributed by atoms with Crippen LogP contribution in [0.3, 0.4) is 0 Å². The van der Waals surface area contributed by atoms with Gasteiger partial charge in [-0.2, -0.15) is 0 Å². The molecule has 3 rings (SSSR count). The highest BCUT2D eigenvalue weighted by molar-refractivity contribution is 5.77. The fraction of sp³-hybridized carbons (Fsp3) is 0.476. The molecule has 2 aromatic rings. The lowest BCUT2D eigenvalue weighted by atomic mass is 10.1. The molecule has 3 heterocycles. The smallest absolute Gasteiger partial charge is 0.258 e. The maximum atomic E-state index is 12.3. The predicted octanol–water partition coefficient (Wildman–Crippen LogP) is 2.51. The Morgan fingerprint density at radius 1 is 1.33 bits per heavy atom. The van der Waals surface area contributed by atoms with E-state index in [-0.39, 0.29) is 18.6 Å². The van der Waals surface area contributed by atoms with E-state index in [0.717, 1.165) is 56.0 Å². The molecular weight excluding hydrogens is 340 g/mol. The maximum absolute atomic E-state index is 12.3. The molecule has 1 aliphatic rings. The number of carbonyl (C=O) groups excluding carboxylic acids is 1. The first-order valence-electron chi connectivity index (χ1n) is 9.65. The zero-order valence-electron chi connectivity index (χ0n) is 16.1. The van der Waals surface area contributed by atoms with Crippen LogP contribution < -0.4 is 10.1 Å². The molecule has 6 heteroatoms. The van der Waals surface area contributed by atoms with Gasteiger partial charge in [-0.05, 0) is 57.0 Å². The van der Waals surface area contributed by atoms with E-state index < -0.39 is 0 Å². The first-order chi connectivity index (χ1) is 13.1. The number of rotatable bonds is 7. The van der Waals surface area contributed by atoms with Crippen molar-refractivity contribution in [3.8, 4) is 5.75 Å². The van der Waals surface area contributed by atoms with Crippen LogP contribution in [0.25, 0.3) is 0 Å². The second kappa shape index (κ2) is 9.46. The second-order valence-corrected chi connectivity index (χ2v) is 7.00. The Labute approximate surface area is 161 Å². The van der Waals surface area contributed by atoms with E-state index in [1.165, 1.54) is 0 Å². The third-order valence-electron chi connectivity index (χ3n) is 4.75. The van der Waals surface area contributed by atoms with Gasteiger partial charge in [0.05, 0.1) is 11.4 Å². The standard InChI is InChI=1S/C21H28N4O2/c1-3-19-20(10-9-16(2)23-19)27-15-21(26)24-18-8-6-12-25(14-18)13-17-7-4-5-11-22-17/h4-5,7,9-11,18H,3,6,8,12-15H2,1-2H3,(H,24,26). The van der Waals surface area contributed by atoms with Crippen molar-refractivity contribution in [1.82, 2.24) is 20.2 Å². The molecule has 6 nitrogen and oxygen atoms in total. The molecule has 1 fully saturated rings. The van der Waals surface area contributed by atoms with Crippen LogP contribution >= 0.6 is 0 Å². The van der Waals surface area contributed by atoms with Gasteiger partial charge in [0.25, 0.3) is 5.91 Å². The van der Waals surface area contributed by atoms with Crippen LogP contribution in [0.1, 0.15) is 36.8 Å². The van der Waals surface area contributed by atoms with Gasteiger partial charge in [-0.1, -0.05) is 13.0 Å². The summed E-state index contributed by atoms with van der Waals surface area (Å²) in [6, 6.07) is 9.92. The van der Waals surface area contributed by atoms with Crippen molar-refractivity contribution in [2.45, 2.75) is 45.7 Å². The third kappa shape index (κ3) is 5.76. The zero-order valence-corrected chi connectivity index (χ0v) is 16.1. The average molecular weight is 368 g/mol. The lowest BCUT2D eigenvalue weighted by Crippen LogP contribution is -2.48. The monoisotopic (exact) mass is 368 g/mol. The van der Waals surface area contributed by atoms with Crippen molar-refractivity contribution < 1.29 is 9.53 Å². The topological polar surface area (TPSA) is 67.3 Å². The Balaban J connectivity index is 1.47. The minimum atomic E-state index is -0.0812. The summed E-state index contributed by atoms with van der Waals surface area (Å²) in [5.41, 5.74) is 2.91. The number of amides is 1. The van der Waals surface area contributed by atoms with E-state index in [0.29, 0.717) is 5.75 Å². The van der Waals surface area contributed by atoms with E-state index in [2.05, 4.69) is 20.2 Å². The molecule has 0 spiro atoms. The van der Waals surface area contributed by atoms with E-state index >= 15 is 0 Å². The van der Waals surface area contributed by atoms with Crippen molar-refractivity contribution in [2.24, 2.45) is 0 Å². The number of hydrogen-bond donors (Lipinski definition) is 1. The van der Waals surface area contributed by atoms with Gasteiger partial charge in [-0.25, -0.2) is 0 Å². The normalized spacial score (nSPS) is 17.5. The summed E-state index contributed by atoms with van der Waals surface area (Å²) in [7, 11) is 0. The molecule has 1 amide bonds. The highest BCUT2D eigenvalue weighted by Crippen LogP contribution is 2.17. The Morgan fingerprint density at radius 3 is 3.00 bits per heavy atom. The molecule has 0 radical (unpaired) electrons. The van der Waals surface area contributed by atoms with Gasteiger partial charge < -0.3 is 10.1 Å². The molecule has 0 aromatic carbocycles. The number of hydrogen-bond acceptors (Lipinski definition) is 5. The largest absolute Gasteiger partial charge is 0.482 e. The molecule has 27 heavy (non-hydrogen) atoms. The predicted molar refractivity (Wildman–Crippen MR) is 105 cm³/mol. The molecule has 1 saturated heterocycles. The molecule has 0 saturated carbocycles. The van der Waals surface area contributed by atoms with Crippen LogP contribution in [0.2, 0.25) is 0 Å². The summed E-state index contributed by atoms with van der Waals surface area (Å²) < 4.78 is 5.71. The number of carbonyl (C=O) groups is 1. The SMILES string of the molecule is CCc1nc(C)ccc1OCC(=O)NC1CCCN(Cc2ccccn2)C1. The van der Waals surface area contributed by atoms with Crippen LogP contribution in [0.5, 0.6) is 5.75 Å². The van der Waals surface area contributed by atoms with Crippen molar-refractivity contribution in [3.63, 3.8) is 0 Å². The van der Waals surface area contributed by atoms with E-state index in [1.54, 1.807) is 0 Å². The first-order valence-corrected chi connectivity index (χ1v) is 9.65. The van der Waals surface area contributed by atoms with Gasteiger partial charge in [-0.15, -0.1) is 0 Å². The van der Waals surface area contributed by atoms with Crippen LogP contribution in [-0.2, 0) is 17.8 Å². The molecule has 1 N–H and O–H groups in total. The highest BCUT2D eigenvalue weighted by Gasteiger charge is 2.22. The quantitative estimate of drug-likeness (QED) is 0.813. The molecule has 2 aromatic heterocycles. The molecule has 0 aliphatic carbocycles. The Bertz CT molecular complexity index is 751. The van der Waals surface area contributed by atoms with E-state index in [1.807, 2.05) is 50.4 Å². The van der Waals surface area contributed by atoms with Crippen LogP contribution in [0.4, 0.5) is 0 Å². The molecule has 1 atom stereocenters. The maximum Gasteiger partial charge on any atom is 0.258 e. The molecule has 0 bridgehead atoms. The van der Waals surface area contributed by atoms with Crippen LogP contribution in [-0.4, -0.2) is 46.5 Å². The van der Waals surface area contributed by atoms with Crippen LogP contribution in [0, 0.1) is 6.92 Å². The van der Waals surface area contributed by atoms with E-state index in [9.17, 15) is 4.79 Å². The fourth-order valence-corrected chi connectivity index (χ4v) is 3.43. The highest BCUT2D eigenvalue weighted by atomic mass is 16.5. The van der Waals surface area contributed by atoms with Crippen molar-refractivity contribution in [3.05, 3.63) is 53.6 Å². The lowest BCUT2D eigenvalue weighted by molar-refractivity contribution is -0.124. The number of ether oxygens (including phenoxy) is 1. The lowest BCUT2D eigenvalue weighted by Gasteiger charge is -2.32. The summed E-state index contributed by atoms with van der Waals surface area (Å²) in [5.74, 6) is 0.612. The summed E-state index contributed by atoms with van der Waals surface area (Å²) in [5, 5.41) is 3.11.